The smallest absolute Gasteiger partial charge is 0.0541 e. The van der Waals surface area contributed by atoms with Gasteiger partial charge in [0.2, 0.25) is 0 Å². The second-order valence-electron chi connectivity index (χ2n) is 6.40. The van der Waals surface area contributed by atoms with E-state index in [4.69, 9.17) is 5.11 Å². The van der Waals surface area contributed by atoms with Crippen LogP contribution in [0.4, 0.5) is 0 Å². The van der Waals surface area contributed by atoms with Crippen molar-refractivity contribution >= 4 is 0 Å². The van der Waals surface area contributed by atoms with Crippen molar-refractivity contribution in [3.05, 3.63) is 0 Å². The summed E-state index contributed by atoms with van der Waals surface area (Å²) in [5.41, 5.74) is 0. The fourth-order valence-corrected chi connectivity index (χ4v) is 2.62. The van der Waals surface area contributed by atoms with Crippen molar-refractivity contribution in [3.8, 4) is 0 Å². The number of unbranched alkanes of at least 4 members (excludes halogenated alkanes) is 10. The van der Waals surface area contributed by atoms with Crippen molar-refractivity contribution in [2.24, 2.45) is 0 Å². The molecule has 0 rings (SSSR count). The molecule has 0 aromatic heterocycles. The van der Waals surface area contributed by atoms with E-state index in [0.717, 1.165) is 25.7 Å². The second kappa shape index (κ2) is 15.3. The SMILES string of the molecule is CCCCCCCCCCCCCC(O)CCC(C)O. The van der Waals surface area contributed by atoms with Crippen molar-refractivity contribution in [2.75, 3.05) is 0 Å². The molecule has 2 atom stereocenters. The van der Waals surface area contributed by atoms with Crippen LogP contribution >= 0.6 is 0 Å². The van der Waals surface area contributed by atoms with Crippen molar-refractivity contribution in [2.45, 2.75) is 116 Å². The van der Waals surface area contributed by atoms with Gasteiger partial charge in [0.15, 0.2) is 0 Å². The number of hydrogen-bond donors (Lipinski definition) is 2. The Kier molecular flexibility index (Phi) is 15.3. The fraction of sp³-hybridized carbons (Fsp3) is 1.00. The molecule has 2 unspecified atom stereocenters. The van der Waals surface area contributed by atoms with Crippen LogP contribution in [0.15, 0.2) is 0 Å². The summed E-state index contributed by atoms with van der Waals surface area (Å²) >= 11 is 0. The first kappa shape index (κ1) is 19.9. The maximum atomic E-state index is 9.73. The summed E-state index contributed by atoms with van der Waals surface area (Å²) in [5.74, 6) is 0. The zero-order valence-electron chi connectivity index (χ0n) is 13.9. The largest absolute Gasteiger partial charge is 0.393 e. The molecule has 0 bridgehead atoms. The first-order valence-corrected chi connectivity index (χ1v) is 9.03. The van der Waals surface area contributed by atoms with Crippen LogP contribution in [0.25, 0.3) is 0 Å². The topological polar surface area (TPSA) is 40.5 Å². The summed E-state index contributed by atoms with van der Waals surface area (Å²) in [6.07, 6.45) is 16.7. The van der Waals surface area contributed by atoms with Gasteiger partial charge >= 0.3 is 0 Å². The summed E-state index contributed by atoms with van der Waals surface area (Å²) in [6, 6.07) is 0. The predicted octanol–water partition coefficient (Wildman–Crippen LogP) is 5.21. The number of rotatable bonds is 15. The van der Waals surface area contributed by atoms with Crippen LogP contribution in [0.5, 0.6) is 0 Å². The van der Waals surface area contributed by atoms with Gasteiger partial charge in [-0.3, -0.25) is 0 Å². The zero-order valence-corrected chi connectivity index (χ0v) is 13.9. The molecule has 0 aromatic rings. The average molecular weight is 286 g/mol. The van der Waals surface area contributed by atoms with Gasteiger partial charge in [-0.15, -0.1) is 0 Å². The lowest BCUT2D eigenvalue weighted by Gasteiger charge is -2.11. The van der Waals surface area contributed by atoms with Crippen molar-refractivity contribution in [1.29, 1.82) is 0 Å². The Labute approximate surface area is 127 Å². The highest BCUT2D eigenvalue weighted by atomic mass is 16.3. The third-order valence-electron chi connectivity index (χ3n) is 4.06. The van der Waals surface area contributed by atoms with Crippen LogP contribution in [0.2, 0.25) is 0 Å². The van der Waals surface area contributed by atoms with E-state index in [0.29, 0.717) is 0 Å². The van der Waals surface area contributed by atoms with Gasteiger partial charge in [-0.25, -0.2) is 0 Å². The molecule has 0 aliphatic carbocycles. The molecule has 0 aliphatic heterocycles. The highest BCUT2D eigenvalue weighted by molar-refractivity contribution is 4.59. The third kappa shape index (κ3) is 16.0. The van der Waals surface area contributed by atoms with E-state index < -0.39 is 0 Å². The van der Waals surface area contributed by atoms with Crippen molar-refractivity contribution in [1.82, 2.24) is 0 Å². The molecule has 0 radical (unpaired) electrons. The molecule has 20 heavy (non-hydrogen) atoms. The molecule has 2 nitrogen and oxygen atoms in total. The van der Waals surface area contributed by atoms with Crippen molar-refractivity contribution < 1.29 is 10.2 Å². The summed E-state index contributed by atoms with van der Waals surface area (Å²) < 4.78 is 0. The van der Waals surface area contributed by atoms with E-state index in [-0.39, 0.29) is 12.2 Å². The lowest BCUT2D eigenvalue weighted by molar-refractivity contribution is 0.114. The van der Waals surface area contributed by atoms with Gasteiger partial charge in [0.1, 0.15) is 0 Å². The minimum atomic E-state index is -0.276. The van der Waals surface area contributed by atoms with E-state index in [9.17, 15) is 5.11 Å². The number of aliphatic hydroxyl groups is 2. The van der Waals surface area contributed by atoms with E-state index in [2.05, 4.69) is 6.92 Å². The molecule has 0 aromatic carbocycles. The van der Waals surface area contributed by atoms with Crippen LogP contribution in [-0.4, -0.2) is 22.4 Å². The average Bonchev–Trinajstić information content (AvgIpc) is 2.42. The Morgan fingerprint density at radius 3 is 1.50 bits per heavy atom. The standard InChI is InChI=1S/C18H38O2/c1-3-4-5-6-7-8-9-10-11-12-13-14-18(20)16-15-17(2)19/h17-20H,3-16H2,1-2H3. The molecule has 0 amide bonds. The second-order valence-corrected chi connectivity index (χ2v) is 6.40. The summed E-state index contributed by atoms with van der Waals surface area (Å²) in [6.45, 7) is 4.05. The van der Waals surface area contributed by atoms with Gasteiger partial charge in [0.25, 0.3) is 0 Å². The van der Waals surface area contributed by atoms with Gasteiger partial charge < -0.3 is 10.2 Å². The Morgan fingerprint density at radius 2 is 1.05 bits per heavy atom. The lowest BCUT2D eigenvalue weighted by atomic mass is 10.0. The first-order chi connectivity index (χ1) is 9.66. The van der Waals surface area contributed by atoms with Crippen LogP contribution < -0.4 is 0 Å². The quantitative estimate of drug-likeness (QED) is 0.406. The minimum absolute atomic E-state index is 0.205. The first-order valence-electron chi connectivity index (χ1n) is 9.03. The van der Waals surface area contributed by atoms with Crippen LogP contribution in [0, 0.1) is 0 Å². The molecule has 0 saturated carbocycles. The summed E-state index contributed by atoms with van der Waals surface area (Å²) in [5, 5.41) is 18.9. The highest BCUT2D eigenvalue weighted by Gasteiger charge is 2.05. The van der Waals surface area contributed by atoms with E-state index in [1.165, 1.54) is 64.2 Å². The highest BCUT2D eigenvalue weighted by Crippen LogP contribution is 2.14. The Hall–Kier alpha value is -0.0800. The monoisotopic (exact) mass is 286 g/mol. The molecule has 0 saturated heterocycles. The predicted molar refractivity (Wildman–Crippen MR) is 88.0 cm³/mol. The number of hydrogen-bond acceptors (Lipinski definition) is 2. The molecule has 2 heteroatoms. The van der Waals surface area contributed by atoms with Gasteiger partial charge in [-0.1, -0.05) is 77.6 Å². The van der Waals surface area contributed by atoms with Crippen LogP contribution in [0.3, 0.4) is 0 Å². The molecular weight excluding hydrogens is 248 g/mol. The summed E-state index contributed by atoms with van der Waals surface area (Å²) in [4.78, 5) is 0. The number of aliphatic hydroxyl groups excluding tert-OH is 2. The molecule has 122 valence electrons. The van der Waals surface area contributed by atoms with Gasteiger partial charge in [0, 0.05) is 0 Å². The van der Waals surface area contributed by atoms with Gasteiger partial charge in [0.05, 0.1) is 12.2 Å². The Balaban J connectivity index is 3.09. The zero-order chi connectivity index (χ0) is 15.1. The van der Waals surface area contributed by atoms with E-state index in [1.807, 2.05) is 0 Å². The maximum absolute atomic E-state index is 9.73. The maximum Gasteiger partial charge on any atom is 0.0541 e. The van der Waals surface area contributed by atoms with Crippen LogP contribution in [-0.2, 0) is 0 Å². The molecule has 0 aliphatic rings. The van der Waals surface area contributed by atoms with E-state index in [1.54, 1.807) is 6.92 Å². The molecule has 0 heterocycles. The van der Waals surface area contributed by atoms with Crippen LogP contribution in [0.1, 0.15) is 104 Å². The molecule has 2 N–H and O–H groups in total. The lowest BCUT2D eigenvalue weighted by Crippen LogP contribution is -2.10. The molecule has 0 spiro atoms. The molecule has 0 fully saturated rings. The Bertz CT molecular complexity index is 180. The fourth-order valence-electron chi connectivity index (χ4n) is 2.62. The molecular formula is C18H38O2. The van der Waals surface area contributed by atoms with Gasteiger partial charge in [-0.05, 0) is 26.2 Å². The normalized spacial score (nSPS) is 14.4. The van der Waals surface area contributed by atoms with E-state index >= 15 is 0 Å². The van der Waals surface area contributed by atoms with Gasteiger partial charge in [-0.2, -0.15) is 0 Å². The van der Waals surface area contributed by atoms with Crippen molar-refractivity contribution in [3.63, 3.8) is 0 Å². The third-order valence-corrected chi connectivity index (χ3v) is 4.06. The Morgan fingerprint density at radius 1 is 0.600 bits per heavy atom. The minimum Gasteiger partial charge on any atom is -0.393 e. The summed E-state index contributed by atoms with van der Waals surface area (Å²) in [7, 11) is 0.